The van der Waals surface area contributed by atoms with E-state index in [2.05, 4.69) is 37.9 Å². The first-order valence-electron chi connectivity index (χ1n) is 8.61. The molecule has 0 radical (unpaired) electrons. The molecule has 4 atom stereocenters. The quantitative estimate of drug-likeness (QED) is 0.809. The van der Waals surface area contributed by atoms with Crippen LogP contribution in [0.1, 0.15) is 66.2 Å². The third-order valence-electron chi connectivity index (χ3n) is 5.24. The van der Waals surface area contributed by atoms with E-state index in [-0.39, 0.29) is 12.2 Å². The molecule has 0 aromatic heterocycles. The summed E-state index contributed by atoms with van der Waals surface area (Å²) in [7, 11) is 0. The lowest BCUT2D eigenvalue weighted by atomic mass is 9.97. The highest BCUT2D eigenvalue weighted by atomic mass is 16.2. The average molecular weight is 280 g/mol. The third-order valence-corrected chi connectivity index (χ3v) is 5.24. The Labute approximate surface area is 124 Å². The van der Waals surface area contributed by atoms with Gasteiger partial charge in [-0.15, -0.1) is 0 Å². The summed E-state index contributed by atoms with van der Waals surface area (Å²) in [4.78, 5) is 14.8. The molecule has 0 bridgehead atoms. The van der Waals surface area contributed by atoms with Crippen molar-refractivity contribution in [3.05, 3.63) is 0 Å². The van der Waals surface area contributed by atoms with Crippen molar-refractivity contribution in [2.24, 2.45) is 17.8 Å². The van der Waals surface area contributed by atoms with Crippen LogP contribution in [0.25, 0.3) is 0 Å². The number of carbonyl (C=O) groups is 1. The molecule has 3 nitrogen and oxygen atoms in total. The van der Waals surface area contributed by atoms with Crippen molar-refractivity contribution in [2.75, 3.05) is 6.54 Å². The Morgan fingerprint density at radius 2 is 2.10 bits per heavy atom. The monoisotopic (exact) mass is 280 g/mol. The molecule has 2 rings (SSSR count). The zero-order valence-corrected chi connectivity index (χ0v) is 13.7. The Balaban J connectivity index is 2.01. The fourth-order valence-corrected chi connectivity index (χ4v) is 3.82. The highest BCUT2D eigenvalue weighted by Crippen LogP contribution is 2.33. The largest absolute Gasteiger partial charge is 0.325 e. The van der Waals surface area contributed by atoms with Crippen molar-refractivity contribution in [3.63, 3.8) is 0 Å². The fraction of sp³-hybridized carbons (Fsp3) is 0.941. The second-order valence-electron chi connectivity index (χ2n) is 7.21. The van der Waals surface area contributed by atoms with Gasteiger partial charge in [-0.25, -0.2) is 0 Å². The summed E-state index contributed by atoms with van der Waals surface area (Å²) in [6.45, 7) is 9.96. The molecule has 2 aliphatic rings. The van der Waals surface area contributed by atoms with Gasteiger partial charge < -0.3 is 4.90 Å². The summed E-state index contributed by atoms with van der Waals surface area (Å²) in [5.41, 5.74) is 0. The summed E-state index contributed by atoms with van der Waals surface area (Å²) in [5.74, 6) is 2.34. The van der Waals surface area contributed by atoms with Crippen LogP contribution in [0.15, 0.2) is 0 Å². The molecule has 0 spiro atoms. The normalized spacial score (nSPS) is 34.5. The highest BCUT2D eigenvalue weighted by molar-refractivity contribution is 5.84. The zero-order chi connectivity index (χ0) is 14.7. The molecule has 1 aliphatic carbocycles. The van der Waals surface area contributed by atoms with E-state index in [1.54, 1.807) is 0 Å². The Bertz CT molecular complexity index is 329. The molecular weight excluding hydrogens is 248 g/mol. The summed E-state index contributed by atoms with van der Waals surface area (Å²) in [6.07, 6.45) is 7.53. The summed E-state index contributed by atoms with van der Waals surface area (Å²) < 4.78 is 0. The molecule has 1 amide bonds. The SMILES string of the molecule is CCCCC1NC(C(C)C)N(CC2CCCC2C)C1=O. The van der Waals surface area contributed by atoms with Gasteiger partial charge in [-0.2, -0.15) is 0 Å². The van der Waals surface area contributed by atoms with Crippen LogP contribution >= 0.6 is 0 Å². The minimum atomic E-state index is 0.0686. The molecule has 1 heterocycles. The second kappa shape index (κ2) is 6.93. The number of nitrogens with one attached hydrogen (secondary N) is 1. The zero-order valence-electron chi connectivity index (χ0n) is 13.7. The first-order valence-corrected chi connectivity index (χ1v) is 8.61. The topological polar surface area (TPSA) is 32.3 Å². The van der Waals surface area contributed by atoms with Crippen molar-refractivity contribution in [3.8, 4) is 0 Å². The van der Waals surface area contributed by atoms with Gasteiger partial charge in [0.25, 0.3) is 0 Å². The van der Waals surface area contributed by atoms with E-state index in [0.29, 0.717) is 17.7 Å². The number of carbonyl (C=O) groups excluding carboxylic acids is 1. The number of unbranched alkanes of at least 4 members (excludes halogenated alkanes) is 1. The van der Waals surface area contributed by atoms with Crippen molar-refractivity contribution >= 4 is 5.91 Å². The van der Waals surface area contributed by atoms with E-state index in [9.17, 15) is 4.79 Å². The third kappa shape index (κ3) is 3.36. The molecule has 4 unspecified atom stereocenters. The van der Waals surface area contributed by atoms with E-state index in [4.69, 9.17) is 0 Å². The maximum atomic E-state index is 12.7. The van der Waals surface area contributed by atoms with Crippen LogP contribution in [-0.2, 0) is 4.79 Å². The molecule has 1 saturated heterocycles. The van der Waals surface area contributed by atoms with Crippen LogP contribution < -0.4 is 5.32 Å². The second-order valence-corrected chi connectivity index (χ2v) is 7.21. The Kier molecular flexibility index (Phi) is 5.48. The van der Waals surface area contributed by atoms with Gasteiger partial charge >= 0.3 is 0 Å². The van der Waals surface area contributed by atoms with Gasteiger partial charge in [-0.3, -0.25) is 10.1 Å². The molecule has 2 fully saturated rings. The summed E-state index contributed by atoms with van der Waals surface area (Å²) >= 11 is 0. The number of amides is 1. The number of hydrogen-bond donors (Lipinski definition) is 1. The predicted molar refractivity (Wildman–Crippen MR) is 83.3 cm³/mol. The summed E-state index contributed by atoms with van der Waals surface area (Å²) in [6, 6.07) is 0.0686. The Morgan fingerprint density at radius 1 is 1.35 bits per heavy atom. The number of rotatable bonds is 6. The van der Waals surface area contributed by atoms with Crippen molar-refractivity contribution in [2.45, 2.75) is 78.4 Å². The van der Waals surface area contributed by atoms with Gasteiger partial charge in [0, 0.05) is 6.54 Å². The van der Waals surface area contributed by atoms with Crippen LogP contribution in [-0.4, -0.2) is 29.6 Å². The minimum Gasteiger partial charge on any atom is -0.325 e. The molecule has 3 heteroatoms. The first-order chi connectivity index (χ1) is 9.54. The molecule has 116 valence electrons. The van der Waals surface area contributed by atoms with Gasteiger partial charge in [-0.05, 0) is 30.6 Å². The maximum absolute atomic E-state index is 12.7. The molecule has 0 aromatic carbocycles. The predicted octanol–water partition coefficient (Wildman–Crippen LogP) is 3.40. The van der Waals surface area contributed by atoms with Crippen LogP contribution in [0, 0.1) is 17.8 Å². The molecular formula is C17H32N2O. The van der Waals surface area contributed by atoms with Gasteiger partial charge in [0.05, 0.1) is 12.2 Å². The Hall–Kier alpha value is -0.570. The van der Waals surface area contributed by atoms with Crippen LogP contribution in [0.5, 0.6) is 0 Å². The summed E-state index contributed by atoms with van der Waals surface area (Å²) in [5, 5.41) is 3.59. The van der Waals surface area contributed by atoms with Crippen LogP contribution in [0.2, 0.25) is 0 Å². The molecule has 20 heavy (non-hydrogen) atoms. The van der Waals surface area contributed by atoms with Crippen molar-refractivity contribution in [1.82, 2.24) is 10.2 Å². The molecule has 0 aromatic rings. The van der Waals surface area contributed by atoms with Crippen molar-refractivity contribution in [1.29, 1.82) is 0 Å². The van der Waals surface area contributed by atoms with Gasteiger partial charge in [-0.1, -0.05) is 53.4 Å². The lowest BCUT2D eigenvalue weighted by Crippen LogP contribution is -2.44. The lowest BCUT2D eigenvalue weighted by molar-refractivity contribution is -0.131. The van der Waals surface area contributed by atoms with E-state index >= 15 is 0 Å². The van der Waals surface area contributed by atoms with Crippen LogP contribution in [0.4, 0.5) is 0 Å². The van der Waals surface area contributed by atoms with Gasteiger partial charge in [0.1, 0.15) is 0 Å². The molecule has 1 N–H and O–H groups in total. The lowest BCUT2D eigenvalue weighted by Gasteiger charge is -2.31. The first kappa shape index (κ1) is 15.8. The fourth-order valence-electron chi connectivity index (χ4n) is 3.82. The molecule has 1 aliphatic heterocycles. The Morgan fingerprint density at radius 3 is 2.65 bits per heavy atom. The maximum Gasteiger partial charge on any atom is 0.241 e. The van der Waals surface area contributed by atoms with Gasteiger partial charge in [0.15, 0.2) is 0 Å². The molecule has 1 saturated carbocycles. The minimum absolute atomic E-state index is 0.0686. The standard InChI is InChI=1S/C17H32N2O/c1-5-6-10-15-17(20)19(16(18-15)12(2)3)11-14-9-7-8-13(14)4/h12-16,18H,5-11H2,1-4H3. The van der Waals surface area contributed by atoms with Crippen molar-refractivity contribution < 1.29 is 4.79 Å². The highest BCUT2D eigenvalue weighted by Gasteiger charge is 2.41. The number of hydrogen-bond acceptors (Lipinski definition) is 2. The van der Waals surface area contributed by atoms with E-state index in [0.717, 1.165) is 31.7 Å². The van der Waals surface area contributed by atoms with E-state index in [1.807, 2.05) is 0 Å². The van der Waals surface area contributed by atoms with Gasteiger partial charge in [0.2, 0.25) is 5.91 Å². The van der Waals surface area contributed by atoms with E-state index in [1.165, 1.54) is 19.3 Å². The number of nitrogens with zero attached hydrogens (tertiary/aromatic N) is 1. The van der Waals surface area contributed by atoms with Crippen LogP contribution in [0.3, 0.4) is 0 Å². The smallest absolute Gasteiger partial charge is 0.241 e. The average Bonchev–Trinajstić information content (AvgIpc) is 2.94. The van der Waals surface area contributed by atoms with E-state index < -0.39 is 0 Å².